The average molecular weight is 249 g/mol. The summed E-state index contributed by atoms with van der Waals surface area (Å²) >= 11 is 5.96. The Morgan fingerprint density at radius 2 is 2.00 bits per heavy atom. The van der Waals surface area contributed by atoms with E-state index in [-0.39, 0.29) is 0 Å². The zero-order chi connectivity index (χ0) is 11.9. The summed E-state index contributed by atoms with van der Waals surface area (Å²) in [6.07, 6.45) is 3.33. The molecular weight excluding hydrogens is 236 g/mol. The highest BCUT2D eigenvalue weighted by atomic mass is 35.5. The van der Waals surface area contributed by atoms with Gasteiger partial charge in [-0.3, -0.25) is 9.82 Å². The molecule has 0 spiro atoms. The van der Waals surface area contributed by atoms with Crippen molar-refractivity contribution in [2.24, 2.45) is 0 Å². The highest BCUT2D eigenvalue weighted by Crippen LogP contribution is 2.12. The van der Waals surface area contributed by atoms with Crippen LogP contribution in [0.15, 0.2) is 48.8 Å². The summed E-state index contributed by atoms with van der Waals surface area (Å²) in [5.41, 5.74) is 4.97. The van der Waals surface area contributed by atoms with Gasteiger partial charge in [-0.05, 0) is 17.2 Å². The van der Waals surface area contributed by atoms with Crippen LogP contribution in [0.4, 0.5) is 0 Å². The molecule has 2 aromatic rings. The third kappa shape index (κ3) is 3.82. The lowest BCUT2D eigenvalue weighted by molar-refractivity contribution is 0.0235. The molecule has 0 unspecified atom stereocenters. The third-order valence-corrected chi connectivity index (χ3v) is 2.64. The molecule has 17 heavy (non-hydrogen) atoms. The van der Waals surface area contributed by atoms with Gasteiger partial charge in [-0.15, -0.1) is 0 Å². The number of benzene rings is 1. The minimum Gasteiger partial charge on any atom is -0.297 e. The summed E-state index contributed by atoms with van der Waals surface area (Å²) in [5.74, 6) is 0. The molecule has 1 N–H and O–H groups in total. The lowest BCUT2D eigenvalue weighted by atomic mass is 10.2. The SMILES string of the molecule is Clc1cnccc1CNOCc1ccccc1. The average Bonchev–Trinajstić information content (AvgIpc) is 2.38. The van der Waals surface area contributed by atoms with Crippen molar-refractivity contribution in [3.63, 3.8) is 0 Å². The van der Waals surface area contributed by atoms with E-state index >= 15 is 0 Å². The molecule has 0 bridgehead atoms. The number of rotatable bonds is 5. The highest BCUT2D eigenvalue weighted by Gasteiger charge is 1.98. The Balaban J connectivity index is 1.76. The molecule has 0 radical (unpaired) electrons. The molecule has 2 rings (SSSR count). The van der Waals surface area contributed by atoms with Crippen LogP contribution in [-0.4, -0.2) is 4.98 Å². The van der Waals surface area contributed by atoms with Gasteiger partial charge in [0.25, 0.3) is 0 Å². The van der Waals surface area contributed by atoms with Crippen LogP contribution in [0.5, 0.6) is 0 Å². The maximum atomic E-state index is 5.96. The van der Waals surface area contributed by atoms with Gasteiger partial charge in [-0.1, -0.05) is 41.9 Å². The first-order valence-corrected chi connectivity index (χ1v) is 5.71. The first-order chi connectivity index (χ1) is 8.36. The maximum Gasteiger partial charge on any atom is 0.0933 e. The van der Waals surface area contributed by atoms with E-state index in [0.717, 1.165) is 11.1 Å². The highest BCUT2D eigenvalue weighted by molar-refractivity contribution is 6.31. The molecule has 0 aliphatic rings. The molecule has 0 saturated heterocycles. The Labute approximate surface area is 105 Å². The number of hydrogen-bond acceptors (Lipinski definition) is 3. The molecule has 0 aliphatic carbocycles. The molecule has 0 fully saturated rings. The summed E-state index contributed by atoms with van der Waals surface area (Å²) in [7, 11) is 0. The second kappa shape index (κ2) is 6.35. The van der Waals surface area contributed by atoms with Gasteiger partial charge in [0.1, 0.15) is 0 Å². The van der Waals surface area contributed by atoms with Gasteiger partial charge in [-0.25, -0.2) is 0 Å². The molecule has 0 atom stereocenters. The van der Waals surface area contributed by atoms with E-state index in [1.165, 1.54) is 0 Å². The lowest BCUT2D eigenvalue weighted by Gasteiger charge is -2.06. The first kappa shape index (κ1) is 12.0. The van der Waals surface area contributed by atoms with E-state index < -0.39 is 0 Å². The fourth-order valence-corrected chi connectivity index (χ4v) is 1.57. The van der Waals surface area contributed by atoms with Gasteiger partial charge in [0.05, 0.1) is 11.6 Å². The van der Waals surface area contributed by atoms with E-state index in [9.17, 15) is 0 Å². The van der Waals surface area contributed by atoms with Crippen molar-refractivity contribution in [2.45, 2.75) is 13.2 Å². The standard InChI is InChI=1S/C13H13ClN2O/c14-13-9-15-7-6-12(13)8-16-17-10-11-4-2-1-3-5-11/h1-7,9,16H,8,10H2. The molecular formula is C13H13ClN2O. The molecule has 4 heteroatoms. The smallest absolute Gasteiger partial charge is 0.0933 e. The summed E-state index contributed by atoms with van der Waals surface area (Å²) in [5, 5.41) is 0.642. The van der Waals surface area contributed by atoms with Crippen molar-refractivity contribution in [3.8, 4) is 0 Å². The van der Waals surface area contributed by atoms with Gasteiger partial charge in [0, 0.05) is 18.9 Å². The van der Waals surface area contributed by atoms with Gasteiger partial charge in [0.2, 0.25) is 0 Å². The van der Waals surface area contributed by atoms with Crippen molar-refractivity contribution < 1.29 is 4.84 Å². The molecule has 1 aromatic carbocycles. The molecule has 3 nitrogen and oxygen atoms in total. The summed E-state index contributed by atoms with van der Waals surface area (Å²) < 4.78 is 0. The summed E-state index contributed by atoms with van der Waals surface area (Å²) in [6, 6.07) is 11.8. The Bertz CT molecular complexity index is 462. The van der Waals surface area contributed by atoms with Crippen LogP contribution >= 0.6 is 11.6 Å². The molecule has 88 valence electrons. The number of nitrogens with zero attached hydrogens (tertiary/aromatic N) is 1. The molecule has 1 aromatic heterocycles. The molecule has 0 amide bonds. The van der Waals surface area contributed by atoms with Crippen molar-refractivity contribution in [2.75, 3.05) is 0 Å². The largest absolute Gasteiger partial charge is 0.297 e. The molecule has 1 heterocycles. The van der Waals surface area contributed by atoms with Gasteiger partial charge in [-0.2, -0.15) is 5.48 Å². The third-order valence-electron chi connectivity index (χ3n) is 2.30. The van der Waals surface area contributed by atoms with E-state index in [1.807, 2.05) is 36.4 Å². The lowest BCUT2D eigenvalue weighted by Crippen LogP contribution is -2.14. The second-order valence-electron chi connectivity index (χ2n) is 3.56. The van der Waals surface area contributed by atoms with Crippen LogP contribution in [0, 0.1) is 0 Å². The van der Waals surface area contributed by atoms with Crippen molar-refractivity contribution in [1.29, 1.82) is 0 Å². The normalized spacial score (nSPS) is 10.4. The Hall–Kier alpha value is -1.42. The van der Waals surface area contributed by atoms with Crippen LogP contribution in [0.2, 0.25) is 5.02 Å². The minimum absolute atomic E-state index is 0.531. The van der Waals surface area contributed by atoms with Gasteiger partial charge < -0.3 is 0 Å². The van der Waals surface area contributed by atoms with Crippen LogP contribution in [0.3, 0.4) is 0 Å². The van der Waals surface area contributed by atoms with Gasteiger partial charge >= 0.3 is 0 Å². The number of pyridine rings is 1. The first-order valence-electron chi connectivity index (χ1n) is 5.33. The second-order valence-corrected chi connectivity index (χ2v) is 3.97. The summed E-state index contributed by atoms with van der Waals surface area (Å²) in [4.78, 5) is 9.27. The maximum absolute atomic E-state index is 5.96. The van der Waals surface area contributed by atoms with Crippen molar-refractivity contribution in [1.82, 2.24) is 10.5 Å². The van der Waals surface area contributed by atoms with Crippen LogP contribution in [-0.2, 0) is 18.0 Å². The predicted molar refractivity (Wildman–Crippen MR) is 67.3 cm³/mol. The van der Waals surface area contributed by atoms with E-state index in [4.69, 9.17) is 16.4 Å². The topological polar surface area (TPSA) is 34.2 Å². The Morgan fingerprint density at radius 3 is 2.76 bits per heavy atom. The van der Waals surface area contributed by atoms with Crippen LogP contribution in [0.1, 0.15) is 11.1 Å². The quantitative estimate of drug-likeness (QED) is 0.653. The number of hydroxylamine groups is 1. The minimum atomic E-state index is 0.531. The zero-order valence-electron chi connectivity index (χ0n) is 9.27. The summed E-state index contributed by atoms with van der Waals surface area (Å²) in [6.45, 7) is 1.09. The number of aromatic nitrogens is 1. The number of nitrogens with one attached hydrogen (secondary N) is 1. The fraction of sp³-hybridized carbons (Fsp3) is 0.154. The van der Waals surface area contributed by atoms with Crippen LogP contribution in [0.25, 0.3) is 0 Å². The monoisotopic (exact) mass is 248 g/mol. The van der Waals surface area contributed by atoms with Crippen molar-refractivity contribution in [3.05, 3.63) is 64.9 Å². The van der Waals surface area contributed by atoms with E-state index in [2.05, 4.69) is 10.5 Å². The Kier molecular flexibility index (Phi) is 4.50. The molecule has 0 aliphatic heterocycles. The van der Waals surface area contributed by atoms with Crippen molar-refractivity contribution >= 4 is 11.6 Å². The number of halogens is 1. The fourth-order valence-electron chi connectivity index (χ4n) is 1.38. The number of hydrogen-bond donors (Lipinski definition) is 1. The van der Waals surface area contributed by atoms with Gasteiger partial charge in [0.15, 0.2) is 0 Å². The predicted octanol–water partition coefficient (Wildman–Crippen LogP) is 2.96. The van der Waals surface area contributed by atoms with E-state index in [1.54, 1.807) is 12.4 Å². The zero-order valence-corrected chi connectivity index (χ0v) is 10.0. The van der Waals surface area contributed by atoms with Crippen LogP contribution < -0.4 is 5.48 Å². The Morgan fingerprint density at radius 1 is 1.18 bits per heavy atom. The molecule has 0 saturated carbocycles. The van der Waals surface area contributed by atoms with E-state index in [0.29, 0.717) is 18.2 Å².